The number of halogens is 2. The molecule has 2 atom stereocenters. The second kappa shape index (κ2) is 4.22. The summed E-state index contributed by atoms with van der Waals surface area (Å²) in [6.07, 6.45) is 2.55. The predicted molar refractivity (Wildman–Crippen MR) is 39.8 cm³/mol. The first kappa shape index (κ1) is 8.32. The van der Waals surface area contributed by atoms with Crippen molar-refractivity contribution in [3.63, 3.8) is 0 Å². The molecule has 0 fully saturated rings. The summed E-state index contributed by atoms with van der Waals surface area (Å²) in [7, 11) is 0. The summed E-state index contributed by atoms with van der Waals surface area (Å²) >= 11 is 11.4. The Hall–Kier alpha value is 0.320. The third kappa shape index (κ3) is 2.58. The lowest BCUT2D eigenvalue weighted by molar-refractivity contribution is 0.832. The van der Waals surface area contributed by atoms with Gasteiger partial charge in [-0.25, -0.2) is 0 Å². The third-order valence-electron chi connectivity index (χ3n) is 0.961. The highest BCUT2D eigenvalue weighted by molar-refractivity contribution is 6.30. The largest absolute Gasteiger partial charge is 0.121 e. The highest BCUT2D eigenvalue weighted by atomic mass is 35.5. The number of alkyl halides is 2. The molecule has 0 aliphatic carbocycles. The summed E-state index contributed by atoms with van der Waals surface area (Å²) < 4.78 is 0. The molecule has 0 aliphatic rings. The van der Waals surface area contributed by atoms with E-state index in [4.69, 9.17) is 23.2 Å². The van der Waals surface area contributed by atoms with Gasteiger partial charge in [-0.2, -0.15) is 0 Å². The number of hydrogen-bond donors (Lipinski definition) is 0. The van der Waals surface area contributed by atoms with Crippen molar-refractivity contribution < 1.29 is 0 Å². The van der Waals surface area contributed by atoms with Gasteiger partial charge in [-0.05, 0) is 6.42 Å². The van der Waals surface area contributed by atoms with E-state index in [1.807, 2.05) is 6.92 Å². The fourth-order valence-corrected chi connectivity index (χ4v) is 0.654. The zero-order chi connectivity index (χ0) is 6.57. The number of rotatable bonds is 3. The van der Waals surface area contributed by atoms with Gasteiger partial charge in [-0.1, -0.05) is 13.0 Å². The van der Waals surface area contributed by atoms with E-state index in [1.54, 1.807) is 6.08 Å². The molecule has 0 aliphatic heterocycles. The van der Waals surface area contributed by atoms with Crippen molar-refractivity contribution in [2.24, 2.45) is 0 Å². The maximum atomic E-state index is 5.71. The Kier molecular flexibility index (Phi) is 4.39. The SMILES string of the molecule is C=CC(Cl)C(Cl)CC. The fraction of sp³-hybridized carbons (Fsp3) is 0.667. The van der Waals surface area contributed by atoms with Crippen molar-refractivity contribution >= 4 is 23.2 Å². The molecular formula is C6H10Cl2. The first-order chi connectivity index (χ1) is 3.72. The zero-order valence-corrected chi connectivity index (χ0v) is 6.41. The van der Waals surface area contributed by atoms with Gasteiger partial charge in [0.15, 0.2) is 0 Å². The van der Waals surface area contributed by atoms with Gasteiger partial charge < -0.3 is 0 Å². The van der Waals surface area contributed by atoms with Crippen LogP contribution in [0.25, 0.3) is 0 Å². The molecule has 0 aromatic heterocycles. The molecule has 2 unspecified atom stereocenters. The molecule has 0 nitrogen and oxygen atoms in total. The van der Waals surface area contributed by atoms with Gasteiger partial charge in [-0.15, -0.1) is 29.8 Å². The summed E-state index contributed by atoms with van der Waals surface area (Å²) in [5, 5.41) is -0.0455. The monoisotopic (exact) mass is 152 g/mol. The van der Waals surface area contributed by atoms with E-state index in [0.29, 0.717) is 0 Å². The maximum absolute atomic E-state index is 5.71. The molecule has 48 valence electrons. The molecule has 0 aromatic rings. The zero-order valence-electron chi connectivity index (χ0n) is 4.90. The molecule has 0 N–H and O–H groups in total. The van der Waals surface area contributed by atoms with Crippen LogP contribution in [0.15, 0.2) is 12.7 Å². The van der Waals surface area contributed by atoms with Gasteiger partial charge in [0.2, 0.25) is 0 Å². The first-order valence-electron chi connectivity index (χ1n) is 2.63. The molecule has 0 saturated heterocycles. The molecular weight excluding hydrogens is 143 g/mol. The van der Waals surface area contributed by atoms with E-state index in [-0.39, 0.29) is 10.8 Å². The number of hydrogen-bond acceptors (Lipinski definition) is 0. The molecule has 2 heteroatoms. The minimum atomic E-state index is -0.0818. The highest BCUT2D eigenvalue weighted by Gasteiger charge is 2.08. The topological polar surface area (TPSA) is 0 Å². The Morgan fingerprint density at radius 1 is 1.62 bits per heavy atom. The number of allylic oxidation sites excluding steroid dienone is 1. The van der Waals surface area contributed by atoms with Gasteiger partial charge >= 0.3 is 0 Å². The van der Waals surface area contributed by atoms with E-state index in [0.717, 1.165) is 6.42 Å². The second-order valence-corrected chi connectivity index (χ2v) is 2.67. The Morgan fingerprint density at radius 2 is 2.12 bits per heavy atom. The van der Waals surface area contributed by atoms with E-state index in [2.05, 4.69) is 6.58 Å². The van der Waals surface area contributed by atoms with E-state index >= 15 is 0 Å². The lowest BCUT2D eigenvalue weighted by Crippen LogP contribution is -2.09. The van der Waals surface area contributed by atoms with Crippen LogP contribution < -0.4 is 0 Å². The van der Waals surface area contributed by atoms with E-state index < -0.39 is 0 Å². The average molecular weight is 153 g/mol. The lowest BCUT2D eigenvalue weighted by atomic mass is 10.2. The van der Waals surface area contributed by atoms with Gasteiger partial charge in [0.1, 0.15) is 0 Å². The maximum Gasteiger partial charge on any atom is 0.0677 e. The van der Waals surface area contributed by atoms with Crippen LogP contribution in [0.4, 0.5) is 0 Å². The molecule has 0 rings (SSSR count). The minimum Gasteiger partial charge on any atom is -0.121 e. The molecule has 0 saturated carbocycles. The second-order valence-electron chi connectivity index (χ2n) is 1.60. The average Bonchev–Trinajstić information content (AvgIpc) is 1.84. The molecule has 0 aromatic carbocycles. The van der Waals surface area contributed by atoms with Crippen LogP contribution >= 0.6 is 23.2 Å². The van der Waals surface area contributed by atoms with Gasteiger partial charge in [-0.3, -0.25) is 0 Å². The van der Waals surface area contributed by atoms with Crippen LogP contribution in [0, 0.1) is 0 Å². The van der Waals surface area contributed by atoms with Crippen LogP contribution in [0.2, 0.25) is 0 Å². The molecule has 8 heavy (non-hydrogen) atoms. The van der Waals surface area contributed by atoms with Gasteiger partial charge in [0, 0.05) is 0 Å². The van der Waals surface area contributed by atoms with Crippen molar-refractivity contribution in [3.8, 4) is 0 Å². The Labute approximate surface area is 60.5 Å². The predicted octanol–water partition coefficient (Wildman–Crippen LogP) is 2.80. The summed E-state index contributed by atoms with van der Waals surface area (Å²) in [5.74, 6) is 0. The van der Waals surface area contributed by atoms with Crippen LogP contribution in [-0.4, -0.2) is 10.8 Å². The van der Waals surface area contributed by atoms with Gasteiger partial charge in [0.05, 0.1) is 10.8 Å². The Morgan fingerprint density at radius 3 is 2.25 bits per heavy atom. The molecule has 0 bridgehead atoms. The lowest BCUT2D eigenvalue weighted by Gasteiger charge is -2.07. The molecule has 0 amide bonds. The van der Waals surface area contributed by atoms with Crippen molar-refractivity contribution in [2.45, 2.75) is 24.1 Å². The van der Waals surface area contributed by atoms with Crippen molar-refractivity contribution in [1.29, 1.82) is 0 Å². The Bertz CT molecular complexity index is 70.9. The Balaban J connectivity index is 3.44. The molecule has 0 spiro atoms. The van der Waals surface area contributed by atoms with Crippen molar-refractivity contribution in [3.05, 3.63) is 12.7 Å². The van der Waals surface area contributed by atoms with Crippen LogP contribution in [-0.2, 0) is 0 Å². The van der Waals surface area contributed by atoms with Crippen molar-refractivity contribution in [2.75, 3.05) is 0 Å². The summed E-state index contributed by atoms with van der Waals surface area (Å²) in [5.41, 5.74) is 0. The normalized spacial score (nSPS) is 17.4. The smallest absolute Gasteiger partial charge is 0.0677 e. The van der Waals surface area contributed by atoms with Crippen molar-refractivity contribution in [1.82, 2.24) is 0 Å². The molecule has 0 radical (unpaired) electrons. The summed E-state index contributed by atoms with van der Waals surface area (Å²) in [4.78, 5) is 0. The standard InChI is InChI=1S/C6H10Cl2/c1-3-5(7)6(8)4-2/h3,5-6H,1,4H2,2H3. The van der Waals surface area contributed by atoms with Crippen LogP contribution in [0.5, 0.6) is 0 Å². The third-order valence-corrected chi connectivity index (χ3v) is 2.15. The summed E-state index contributed by atoms with van der Waals surface area (Å²) in [6, 6.07) is 0. The molecule has 0 heterocycles. The summed E-state index contributed by atoms with van der Waals surface area (Å²) in [6.45, 7) is 5.51. The van der Waals surface area contributed by atoms with Crippen LogP contribution in [0.1, 0.15) is 13.3 Å². The highest BCUT2D eigenvalue weighted by Crippen LogP contribution is 2.13. The fourth-order valence-electron chi connectivity index (χ4n) is 0.373. The van der Waals surface area contributed by atoms with Crippen LogP contribution in [0.3, 0.4) is 0 Å². The van der Waals surface area contributed by atoms with E-state index in [1.165, 1.54) is 0 Å². The van der Waals surface area contributed by atoms with Gasteiger partial charge in [0.25, 0.3) is 0 Å². The van der Waals surface area contributed by atoms with E-state index in [9.17, 15) is 0 Å². The minimum absolute atomic E-state index is 0.0363. The quantitative estimate of drug-likeness (QED) is 0.432. The first-order valence-corrected chi connectivity index (χ1v) is 3.50.